The van der Waals surface area contributed by atoms with Crippen LogP contribution in [0.5, 0.6) is 0 Å². The topological polar surface area (TPSA) is 222 Å². The number of nitrogens with one attached hydrogen (secondary N) is 4. The Hall–Kier alpha value is -2.78. The zero-order valence-corrected chi connectivity index (χ0v) is 20.4. The number of imidazole rings is 1. The van der Waals surface area contributed by atoms with Crippen LogP contribution in [0.3, 0.4) is 0 Å². The molecule has 1 heterocycles. The molecular weight excluding hydrogens is 486 g/mol. The molecule has 0 aliphatic heterocycles. The molecule has 15 heteroatoms. The van der Waals surface area contributed by atoms with E-state index >= 15 is 0 Å². The largest absolute Gasteiger partial charge is 0.480 e. The minimum Gasteiger partial charge on any atom is -0.480 e. The van der Waals surface area contributed by atoms with Crippen molar-refractivity contribution in [2.45, 2.75) is 49.9 Å². The number of H-pyrrole nitrogens is 1. The lowest BCUT2D eigenvalue weighted by atomic mass is 10.1. The lowest BCUT2D eigenvalue weighted by molar-refractivity contribution is -0.141. The summed E-state index contributed by atoms with van der Waals surface area (Å²) < 4.78 is 0. The van der Waals surface area contributed by atoms with Crippen LogP contribution >= 0.6 is 24.4 Å². The molecular formula is C19H31N7O6S2. The molecule has 9 N–H and O–H groups in total. The zero-order valence-electron chi connectivity index (χ0n) is 18.7. The number of hydrogen-bond acceptors (Lipinski definition) is 9. The predicted octanol–water partition coefficient (Wildman–Crippen LogP) is -2.23. The third kappa shape index (κ3) is 10.4. The number of carboxylic acid groups (broad SMARTS) is 1. The first-order valence-electron chi connectivity index (χ1n) is 10.3. The Labute approximate surface area is 206 Å². The van der Waals surface area contributed by atoms with Gasteiger partial charge in [0.25, 0.3) is 0 Å². The average molecular weight is 518 g/mol. The van der Waals surface area contributed by atoms with Crippen LogP contribution in [0.2, 0.25) is 0 Å². The Kier molecular flexibility index (Phi) is 13.1. The normalized spacial score (nSPS) is 14.3. The predicted molar refractivity (Wildman–Crippen MR) is 129 cm³/mol. The van der Waals surface area contributed by atoms with Crippen LogP contribution in [0.1, 0.15) is 25.0 Å². The zero-order chi connectivity index (χ0) is 25.7. The number of amides is 4. The molecule has 0 bridgehead atoms. The Bertz CT molecular complexity index is 839. The van der Waals surface area contributed by atoms with Crippen molar-refractivity contribution in [1.29, 1.82) is 0 Å². The molecule has 190 valence electrons. The summed E-state index contributed by atoms with van der Waals surface area (Å²) in [6.45, 7) is 0. The van der Waals surface area contributed by atoms with E-state index in [0.717, 1.165) is 0 Å². The summed E-state index contributed by atoms with van der Waals surface area (Å²) in [4.78, 5) is 67.1. The number of aromatic amines is 1. The highest BCUT2D eigenvalue weighted by Crippen LogP contribution is 2.06. The minimum absolute atomic E-state index is 0.00218. The third-order valence-corrected chi connectivity index (χ3v) is 5.70. The maximum atomic E-state index is 13.0. The van der Waals surface area contributed by atoms with Gasteiger partial charge >= 0.3 is 5.97 Å². The SMILES string of the molecule is CSCCC(NC(=O)C(N)CCC(N)=O)C(=O)NC(Cc1cnc[nH]1)C(=O)NC(CS)C(=O)O. The van der Waals surface area contributed by atoms with Gasteiger partial charge in [0.15, 0.2) is 0 Å². The van der Waals surface area contributed by atoms with Crippen LogP contribution in [-0.2, 0) is 30.4 Å². The van der Waals surface area contributed by atoms with Gasteiger partial charge in [-0.15, -0.1) is 0 Å². The molecule has 1 aromatic heterocycles. The number of rotatable bonds is 16. The Balaban J connectivity index is 2.97. The van der Waals surface area contributed by atoms with E-state index in [4.69, 9.17) is 11.5 Å². The van der Waals surface area contributed by atoms with Gasteiger partial charge in [0.2, 0.25) is 23.6 Å². The van der Waals surface area contributed by atoms with Gasteiger partial charge in [-0.1, -0.05) is 0 Å². The van der Waals surface area contributed by atoms with E-state index in [-0.39, 0.29) is 31.4 Å². The van der Waals surface area contributed by atoms with E-state index in [1.54, 1.807) is 0 Å². The summed E-state index contributed by atoms with van der Waals surface area (Å²) >= 11 is 5.38. The smallest absolute Gasteiger partial charge is 0.327 e. The van der Waals surface area contributed by atoms with Crippen LogP contribution < -0.4 is 27.4 Å². The monoisotopic (exact) mass is 517 g/mol. The maximum absolute atomic E-state index is 13.0. The molecule has 0 fully saturated rings. The number of aromatic nitrogens is 2. The molecule has 1 aromatic rings. The quantitative estimate of drug-likeness (QED) is 0.111. The second-order valence-electron chi connectivity index (χ2n) is 7.38. The Morgan fingerprint density at radius 2 is 1.71 bits per heavy atom. The average Bonchev–Trinajstić information content (AvgIpc) is 3.30. The van der Waals surface area contributed by atoms with E-state index in [1.807, 2.05) is 6.26 Å². The first-order chi connectivity index (χ1) is 16.1. The molecule has 0 aromatic carbocycles. The molecule has 4 amide bonds. The van der Waals surface area contributed by atoms with Gasteiger partial charge in [0.1, 0.15) is 18.1 Å². The molecule has 0 spiro atoms. The molecule has 0 aliphatic rings. The van der Waals surface area contributed by atoms with E-state index < -0.39 is 53.8 Å². The summed E-state index contributed by atoms with van der Waals surface area (Å²) in [6, 6.07) is -4.48. The highest BCUT2D eigenvalue weighted by Gasteiger charge is 2.30. The van der Waals surface area contributed by atoms with Crippen molar-refractivity contribution < 1.29 is 29.1 Å². The van der Waals surface area contributed by atoms with Gasteiger partial charge in [0.05, 0.1) is 12.4 Å². The lowest BCUT2D eigenvalue weighted by Crippen LogP contribution is -2.58. The minimum atomic E-state index is -1.27. The van der Waals surface area contributed by atoms with Gasteiger partial charge in [-0.25, -0.2) is 9.78 Å². The van der Waals surface area contributed by atoms with Gasteiger partial charge < -0.3 is 37.5 Å². The number of nitrogens with zero attached hydrogens (tertiary/aromatic N) is 1. The van der Waals surface area contributed by atoms with Crippen molar-refractivity contribution >= 4 is 54.0 Å². The fraction of sp³-hybridized carbons (Fsp3) is 0.579. The van der Waals surface area contributed by atoms with Crippen LogP contribution in [0, 0.1) is 0 Å². The van der Waals surface area contributed by atoms with Crippen molar-refractivity contribution in [2.24, 2.45) is 11.5 Å². The summed E-state index contributed by atoms with van der Waals surface area (Å²) in [7, 11) is 0. The van der Waals surface area contributed by atoms with Crippen molar-refractivity contribution in [3.05, 3.63) is 18.2 Å². The van der Waals surface area contributed by atoms with Crippen molar-refractivity contribution in [3.8, 4) is 0 Å². The molecule has 0 aliphatic carbocycles. The molecule has 0 saturated heterocycles. The summed E-state index contributed by atoms with van der Waals surface area (Å²) in [5.74, 6) is -3.54. The molecule has 0 radical (unpaired) electrons. The molecule has 34 heavy (non-hydrogen) atoms. The second-order valence-corrected chi connectivity index (χ2v) is 8.73. The Morgan fingerprint density at radius 3 is 2.24 bits per heavy atom. The fourth-order valence-corrected chi connectivity index (χ4v) is 3.49. The molecule has 13 nitrogen and oxygen atoms in total. The van der Waals surface area contributed by atoms with Crippen LogP contribution in [0.4, 0.5) is 0 Å². The van der Waals surface area contributed by atoms with Gasteiger partial charge in [-0.2, -0.15) is 24.4 Å². The number of thioether (sulfide) groups is 1. The van der Waals surface area contributed by atoms with Crippen molar-refractivity contribution in [3.63, 3.8) is 0 Å². The highest BCUT2D eigenvalue weighted by molar-refractivity contribution is 7.98. The van der Waals surface area contributed by atoms with Crippen LogP contribution in [-0.4, -0.2) is 86.6 Å². The first-order valence-corrected chi connectivity index (χ1v) is 12.4. The number of thiol groups is 1. The summed E-state index contributed by atoms with van der Waals surface area (Å²) in [5, 5.41) is 16.7. The van der Waals surface area contributed by atoms with Gasteiger partial charge in [-0.3, -0.25) is 19.2 Å². The number of hydrogen-bond donors (Lipinski definition) is 8. The molecule has 4 atom stereocenters. The fourth-order valence-electron chi connectivity index (χ4n) is 2.77. The van der Waals surface area contributed by atoms with E-state index in [0.29, 0.717) is 11.4 Å². The summed E-state index contributed by atoms with van der Waals surface area (Å²) in [5.41, 5.74) is 11.4. The van der Waals surface area contributed by atoms with E-state index in [9.17, 15) is 29.1 Å². The van der Waals surface area contributed by atoms with Crippen molar-refractivity contribution in [2.75, 3.05) is 17.8 Å². The second kappa shape index (κ2) is 15.2. The molecule has 0 saturated carbocycles. The highest BCUT2D eigenvalue weighted by atomic mass is 32.2. The van der Waals surface area contributed by atoms with Crippen molar-refractivity contribution in [1.82, 2.24) is 25.9 Å². The van der Waals surface area contributed by atoms with Crippen LogP contribution in [0.15, 0.2) is 12.5 Å². The maximum Gasteiger partial charge on any atom is 0.327 e. The third-order valence-electron chi connectivity index (χ3n) is 4.69. The molecule has 4 unspecified atom stereocenters. The van der Waals surface area contributed by atoms with Gasteiger partial charge in [0, 0.05) is 30.5 Å². The number of nitrogens with two attached hydrogens (primary N) is 2. The standard InChI is InChI=1S/C19H31N7O6S2/c1-34-5-4-12(24-16(28)11(20)2-3-15(21)27)17(29)25-13(6-10-7-22-9-23-10)18(30)26-14(8-33)19(31)32/h7,9,11-14,33H,2-6,8,20H2,1H3,(H2,21,27)(H,22,23)(H,24,28)(H,25,29)(H,26,30)(H,31,32). The summed E-state index contributed by atoms with van der Waals surface area (Å²) in [6.07, 6.45) is 4.86. The number of carbonyl (C=O) groups excluding carboxylic acids is 4. The number of carboxylic acids is 1. The molecule has 1 rings (SSSR count). The van der Waals surface area contributed by atoms with Crippen LogP contribution in [0.25, 0.3) is 0 Å². The van der Waals surface area contributed by atoms with Gasteiger partial charge in [-0.05, 0) is 24.9 Å². The van der Waals surface area contributed by atoms with E-state index in [1.165, 1.54) is 24.3 Å². The first kappa shape index (κ1) is 29.3. The lowest BCUT2D eigenvalue weighted by Gasteiger charge is -2.24. The number of primary amides is 1. The van der Waals surface area contributed by atoms with E-state index in [2.05, 4.69) is 38.5 Å². The number of aliphatic carboxylic acids is 1. The number of carbonyl (C=O) groups is 5. The Morgan fingerprint density at radius 1 is 1.09 bits per heavy atom.